The smallest absolute Gasteiger partial charge is 0.329 e. The van der Waals surface area contributed by atoms with E-state index in [0.29, 0.717) is 32.0 Å². The van der Waals surface area contributed by atoms with Crippen LogP contribution < -0.4 is 11.0 Å². The summed E-state index contributed by atoms with van der Waals surface area (Å²) < 4.78 is 3.45. The normalized spacial score (nSPS) is 12.2. The summed E-state index contributed by atoms with van der Waals surface area (Å²) >= 11 is 0. The second-order valence-electron chi connectivity index (χ2n) is 6.74. The molecule has 3 rings (SSSR count). The lowest BCUT2D eigenvalue weighted by Gasteiger charge is -2.16. The first kappa shape index (κ1) is 19.0. The maximum Gasteiger partial charge on any atom is 0.329 e. The molecule has 0 saturated heterocycles. The van der Waals surface area contributed by atoms with Gasteiger partial charge in [0.15, 0.2) is 0 Å². The highest BCUT2D eigenvalue weighted by atomic mass is 16.2. The van der Waals surface area contributed by atoms with Crippen LogP contribution in [-0.2, 0) is 17.9 Å². The van der Waals surface area contributed by atoms with Crippen molar-refractivity contribution in [2.24, 2.45) is 0 Å². The number of benzene rings is 2. The molecule has 0 spiro atoms. The Morgan fingerprint density at radius 2 is 1.59 bits per heavy atom. The number of imidazole rings is 1. The summed E-state index contributed by atoms with van der Waals surface area (Å²) in [5, 5.41) is 3.03. The van der Waals surface area contributed by atoms with E-state index in [1.54, 1.807) is 9.13 Å². The summed E-state index contributed by atoms with van der Waals surface area (Å²) in [4.78, 5) is 25.0. The highest BCUT2D eigenvalue weighted by Crippen LogP contribution is 2.18. The molecule has 1 atom stereocenters. The van der Waals surface area contributed by atoms with Crippen molar-refractivity contribution in [1.82, 2.24) is 14.5 Å². The summed E-state index contributed by atoms with van der Waals surface area (Å²) in [6.07, 6.45) is 1.26. The second-order valence-corrected chi connectivity index (χ2v) is 6.74. The molecule has 0 fully saturated rings. The van der Waals surface area contributed by atoms with E-state index in [1.807, 2.05) is 49.4 Å². The zero-order valence-corrected chi connectivity index (χ0v) is 16.0. The van der Waals surface area contributed by atoms with Gasteiger partial charge in [0.2, 0.25) is 5.91 Å². The van der Waals surface area contributed by atoms with E-state index in [2.05, 4.69) is 24.4 Å². The SMILES string of the molecule is CC[C@H](CNC(=O)CCn1c(=O)n(CC)c2ccccc21)c1ccccc1. The van der Waals surface area contributed by atoms with Gasteiger partial charge in [-0.15, -0.1) is 0 Å². The number of carbonyl (C=O) groups is 1. The van der Waals surface area contributed by atoms with E-state index in [1.165, 1.54) is 5.56 Å². The maximum atomic E-state index is 12.6. The Labute approximate surface area is 159 Å². The topological polar surface area (TPSA) is 56.0 Å². The highest BCUT2D eigenvalue weighted by Gasteiger charge is 2.14. The summed E-state index contributed by atoms with van der Waals surface area (Å²) in [7, 11) is 0. The minimum absolute atomic E-state index is 0.0235. The zero-order valence-electron chi connectivity index (χ0n) is 16.0. The number of aromatic nitrogens is 2. The number of hydrogen-bond donors (Lipinski definition) is 1. The third-order valence-electron chi connectivity index (χ3n) is 5.11. The lowest BCUT2D eigenvalue weighted by Crippen LogP contribution is -2.31. The van der Waals surface area contributed by atoms with Crippen LogP contribution in [-0.4, -0.2) is 21.6 Å². The predicted molar refractivity (Wildman–Crippen MR) is 109 cm³/mol. The summed E-state index contributed by atoms with van der Waals surface area (Å²) in [5.74, 6) is 0.282. The highest BCUT2D eigenvalue weighted by molar-refractivity contribution is 5.78. The molecule has 5 nitrogen and oxygen atoms in total. The van der Waals surface area contributed by atoms with Crippen molar-refractivity contribution >= 4 is 16.9 Å². The molecule has 3 aromatic rings. The second kappa shape index (κ2) is 8.71. The van der Waals surface area contributed by atoms with E-state index < -0.39 is 0 Å². The number of rotatable bonds is 8. The third-order valence-corrected chi connectivity index (χ3v) is 5.11. The predicted octanol–water partition coefficient (Wildman–Crippen LogP) is 3.52. The summed E-state index contributed by atoms with van der Waals surface area (Å²) in [6.45, 7) is 5.71. The van der Waals surface area contributed by atoms with Gasteiger partial charge in [-0.2, -0.15) is 0 Å². The van der Waals surface area contributed by atoms with Crippen LogP contribution in [0.1, 0.15) is 38.2 Å². The van der Waals surface area contributed by atoms with Crippen LogP contribution in [0.5, 0.6) is 0 Å². The van der Waals surface area contributed by atoms with Gasteiger partial charge < -0.3 is 5.32 Å². The van der Waals surface area contributed by atoms with E-state index in [0.717, 1.165) is 17.5 Å². The van der Waals surface area contributed by atoms with Gasteiger partial charge in [0, 0.05) is 32.0 Å². The van der Waals surface area contributed by atoms with Gasteiger partial charge in [-0.05, 0) is 31.0 Å². The van der Waals surface area contributed by atoms with Crippen molar-refractivity contribution in [1.29, 1.82) is 0 Å². The van der Waals surface area contributed by atoms with Gasteiger partial charge in [0.1, 0.15) is 0 Å². The molecular weight excluding hydrogens is 338 g/mol. The zero-order chi connectivity index (χ0) is 19.2. The minimum atomic E-state index is -0.0535. The van der Waals surface area contributed by atoms with Crippen LogP contribution in [0.2, 0.25) is 0 Å². The van der Waals surface area contributed by atoms with Crippen LogP contribution in [0.3, 0.4) is 0 Å². The summed E-state index contributed by atoms with van der Waals surface area (Å²) in [6, 6.07) is 18.0. The van der Waals surface area contributed by atoms with E-state index in [4.69, 9.17) is 0 Å². The van der Waals surface area contributed by atoms with Gasteiger partial charge in [0.25, 0.3) is 0 Å². The monoisotopic (exact) mass is 365 g/mol. The van der Waals surface area contributed by atoms with E-state index in [-0.39, 0.29) is 11.6 Å². The van der Waals surface area contributed by atoms with Crippen molar-refractivity contribution in [2.75, 3.05) is 6.54 Å². The molecule has 2 aromatic carbocycles. The lowest BCUT2D eigenvalue weighted by atomic mass is 9.96. The number of carbonyl (C=O) groups excluding carboxylic acids is 1. The molecule has 27 heavy (non-hydrogen) atoms. The Balaban J connectivity index is 1.64. The first-order valence-corrected chi connectivity index (χ1v) is 9.65. The number of para-hydroxylation sites is 2. The Morgan fingerprint density at radius 1 is 0.963 bits per heavy atom. The standard InChI is InChI=1S/C22H27N3O2/c1-3-17(18-10-6-5-7-11-18)16-23-21(26)14-15-25-20-13-9-8-12-19(20)24(4-2)22(25)27/h5-13,17H,3-4,14-16H2,1-2H3,(H,23,26)/t17-/m1/s1. The number of hydrogen-bond acceptors (Lipinski definition) is 2. The van der Waals surface area contributed by atoms with Crippen LogP contribution in [0, 0.1) is 0 Å². The number of fused-ring (bicyclic) bond motifs is 1. The Hall–Kier alpha value is -2.82. The molecule has 0 aliphatic carbocycles. The maximum absolute atomic E-state index is 12.6. The molecule has 0 aliphatic rings. The fourth-order valence-corrected chi connectivity index (χ4v) is 3.56. The molecule has 1 N–H and O–H groups in total. The Kier molecular flexibility index (Phi) is 6.12. The van der Waals surface area contributed by atoms with Crippen LogP contribution in [0.15, 0.2) is 59.4 Å². The third kappa shape index (κ3) is 4.13. The molecule has 1 aromatic heterocycles. The van der Waals surface area contributed by atoms with E-state index in [9.17, 15) is 9.59 Å². The quantitative estimate of drug-likeness (QED) is 0.664. The van der Waals surface area contributed by atoms with E-state index >= 15 is 0 Å². The molecule has 0 radical (unpaired) electrons. The number of aryl methyl sites for hydroxylation is 2. The van der Waals surface area contributed by atoms with Crippen LogP contribution in [0.4, 0.5) is 0 Å². The van der Waals surface area contributed by atoms with Gasteiger partial charge >= 0.3 is 5.69 Å². The van der Waals surface area contributed by atoms with Crippen molar-refractivity contribution in [3.8, 4) is 0 Å². The molecule has 0 aliphatic heterocycles. The van der Waals surface area contributed by atoms with Crippen LogP contribution >= 0.6 is 0 Å². The van der Waals surface area contributed by atoms with Gasteiger partial charge in [0.05, 0.1) is 11.0 Å². The Bertz CT molecular complexity index is 957. The molecule has 0 bridgehead atoms. The van der Waals surface area contributed by atoms with Crippen molar-refractivity contribution < 1.29 is 4.79 Å². The minimum Gasteiger partial charge on any atom is -0.355 e. The van der Waals surface area contributed by atoms with Crippen molar-refractivity contribution in [2.45, 2.75) is 45.7 Å². The molecule has 0 unspecified atom stereocenters. The first-order valence-electron chi connectivity index (χ1n) is 9.65. The van der Waals surface area contributed by atoms with Gasteiger partial charge in [-0.3, -0.25) is 13.9 Å². The number of nitrogens with zero attached hydrogens (tertiary/aromatic N) is 2. The average Bonchev–Trinajstić information content (AvgIpc) is 2.98. The lowest BCUT2D eigenvalue weighted by molar-refractivity contribution is -0.121. The fourth-order valence-electron chi connectivity index (χ4n) is 3.56. The van der Waals surface area contributed by atoms with Crippen molar-refractivity contribution in [3.63, 3.8) is 0 Å². The molecule has 5 heteroatoms. The molecule has 142 valence electrons. The summed E-state index contributed by atoms with van der Waals surface area (Å²) in [5.41, 5.74) is 2.98. The molecular formula is C22H27N3O2. The van der Waals surface area contributed by atoms with Crippen molar-refractivity contribution in [3.05, 3.63) is 70.6 Å². The fraction of sp³-hybridized carbons (Fsp3) is 0.364. The average molecular weight is 365 g/mol. The van der Waals surface area contributed by atoms with Crippen LogP contribution in [0.25, 0.3) is 11.0 Å². The largest absolute Gasteiger partial charge is 0.355 e. The molecule has 1 amide bonds. The van der Waals surface area contributed by atoms with Gasteiger partial charge in [-0.25, -0.2) is 4.79 Å². The van der Waals surface area contributed by atoms with Gasteiger partial charge in [-0.1, -0.05) is 49.4 Å². The molecule has 0 saturated carbocycles. The number of nitrogens with one attached hydrogen (secondary N) is 1. The first-order chi connectivity index (χ1) is 13.2. The number of amides is 1. The molecule has 1 heterocycles. The Morgan fingerprint density at radius 3 is 2.22 bits per heavy atom.